The van der Waals surface area contributed by atoms with E-state index in [0.717, 1.165) is 10.6 Å². The van der Waals surface area contributed by atoms with Crippen molar-refractivity contribution in [2.45, 2.75) is 20.8 Å². The Balaban J connectivity index is 1.74. The molecule has 0 saturated heterocycles. The molecule has 2 heterocycles. The van der Waals surface area contributed by atoms with Gasteiger partial charge in [0.25, 0.3) is 5.91 Å². The number of nitrogens with one attached hydrogen (secondary N) is 1. The van der Waals surface area contributed by atoms with E-state index < -0.39 is 24.5 Å². The number of ether oxygens (including phenoxy) is 2. The Morgan fingerprint density at radius 1 is 1.07 bits per heavy atom. The normalized spacial score (nSPS) is 10.5. The second-order valence-corrected chi connectivity index (χ2v) is 8.29. The molecule has 0 aliphatic rings. The van der Waals surface area contributed by atoms with Gasteiger partial charge in [-0.2, -0.15) is 0 Å². The average molecular weight is 445 g/mol. The summed E-state index contributed by atoms with van der Waals surface area (Å²) in [6.45, 7) is 4.95. The standard InChI is InChI=1S/C21H20N2O5S2/c1-4-27-20(25)17-15(14-8-6-5-7-9-14)11-29-19(17)23-16(24)10-28-21(26)18-12(2)22-13(3)30-18/h5-9,11H,4,10H2,1-3H3,(H,23,24). The van der Waals surface area contributed by atoms with Gasteiger partial charge in [-0.3, -0.25) is 4.79 Å². The van der Waals surface area contributed by atoms with Gasteiger partial charge in [0, 0.05) is 10.9 Å². The lowest BCUT2D eigenvalue weighted by molar-refractivity contribution is -0.119. The van der Waals surface area contributed by atoms with E-state index in [9.17, 15) is 14.4 Å². The van der Waals surface area contributed by atoms with E-state index in [1.807, 2.05) is 30.3 Å². The lowest BCUT2D eigenvalue weighted by atomic mass is 10.0. The number of benzene rings is 1. The maximum Gasteiger partial charge on any atom is 0.350 e. The molecule has 1 aromatic carbocycles. The lowest BCUT2D eigenvalue weighted by Crippen LogP contribution is -2.21. The summed E-state index contributed by atoms with van der Waals surface area (Å²) in [5.41, 5.74) is 2.35. The summed E-state index contributed by atoms with van der Waals surface area (Å²) >= 11 is 2.42. The molecule has 3 rings (SSSR count). The number of aryl methyl sites for hydroxylation is 2. The fourth-order valence-corrected chi connectivity index (χ4v) is 4.55. The third-order valence-electron chi connectivity index (χ3n) is 4.03. The van der Waals surface area contributed by atoms with Gasteiger partial charge >= 0.3 is 11.9 Å². The van der Waals surface area contributed by atoms with Crippen LogP contribution in [0.3, 0.4) is 0 Å². The molecule has 9 heteroatoms. The number of esters is 2. The van der Waals surface area contributed by atoms with Crippen LogP contribution in [-0.2, 0) is 14.3 Å². The molecule has 7 nitrogen and oxygen atoms in total. The lowest BCUT2D eigenvalue weighted by Gasteiger charge is -2.09. The number of hydrogen-bond donors (Lipinski definition) is 1. The Labute approximate surface area is 181 Å². The van der Waals surface area contributed by atoms with Crippen LogP contribution in [0.1, 0.15) is 37.7 Å². The first-order valence-corrected chi connectivity index (χ1v) is 10.8. The molecule has 0 saturated carbocycles. The third-order valence-corrected chi connectivity index (χ3v) is 5.98. The van der Waals surface area contributed by atoms with Gasteiger partial charge in [-0.1, -0.05) is 30.3 Å². The van der Waals surface area contributed by atoms with Crippen molar-refractivity contribution in [3.8, 4) is 11.1 Å². The molecule has 30 heavy (non-hydrogen) atoms. The molecule has 0 spiro atoms. The Kier molecular flexibility index (Phi) is 6.96. The van der Waals surface area contributed by atoms with E-state index in [4.69, 9.17) is 9.47 Å². The minimum atomic E-state index is -0.602. The zero-order chi connectivity index (χ0) is 21.7. The van der Waals surface area contributed by atoms with Gasteiger partial charge in [0.05, 0.1) is 17.3 Å². The Morgan fingerprint density at radius 2 is 1.80 bits per heavy atom. The summed E-state index contributed by atoms with van der Waals surface area (Å²) in [6.07, 6.45) is 0. The highest BCUT2D eigenvalue weighted by atomic mass is 32.1. The molecule has 0 unspecified atom stereocenters. The fourth-order valence-electron chi connectivity index (χ4n) is 2.77. The number of nitrogens with zero attached hydrogens (tertiary/aromatic N) is 1. The van der Waals surface area contributed by atoms with Crippen molar-refractivity contribution < 1.29 is 23.9 Å². The largest absolute Gasteiger partial charge is 0.462 e. The van der Waals surface area contributed by atoms with Crippen LogP contribution in [0.2, 0.25) is 0 Å². The molecule has 1 amide bonds. The topological polar surface area (TPSA) is 94.6 Å². The first kappa shape index (κ1) is 21.7. The van der Waals surface area contributed by atoms with Crippen molar-refractivity contribution in [3.63, 3.8) is 0 Å². The van der Waals surface area contributed by atoms with Crippen molar-refractivity contribution in [1.29, 1.82) is 0 Å². The summed E-state index contributed by atoms with van der Waals surface area (Å²) in [5, 5.41) is 5.53. The van der Waals surface area contributed by atoms with Gasteiger partial charge in [-0.25, -0.2) is 14.6 Å². The number of rotatable bonds is 7. The van der Waals surface area contributed by atoms with Gasteiger partial charge in [-0.05, 0) is 26.3 Å². The molecule has 0 atom stereocenters. The predicted molar refractivity (Wildman–Crippen MR) is 116 cm³/mol. The van der Waals surface area contributed by atoms with Crippen LogP contribution in [0, 0.1) is 13.8 Å². The van der Waals surface area contributed by atoms with E-state index >= 15 is 0 Å². The van der Waals surface area contributed by atoms with E-state index in [1.165, 1.54) is 22.7 Å². The number of hydrogen-bond acceptors (Lipinski definition) is 8. The fraction of sp³-hybridized carbons (Fsp3) is 0.238. The van der Waals surface area contributed by atoms with Crippen molar-refractivity contribution in [1.82, 2.24) is 4.98 Å². The number of anilines is 1. The van der Waals surface area contributed by atoms with Gasteiger partial charge in [0.15, 0.2) is 6.61 Å². The number of thiazole rings is 1. The SMILES string of the molecule is CCOC(=O)c1c(-c2ccccc2)csc1NC(=O)COC(=O)c1sc(C)nc1C. The first-order valence-electron chi connectivity index (χ1n) is 9.15. The number of carbonyl (C=O) groups excluding carboxylic acids is 3. The van der Waals surface area contributed by atoms with Crippen LogP contribution in [-0.4, -0.2) is 36.0 Å². The molecule has 0 aliphatic carbocycles. The van der Waals surface area contributed by atoms with Crippen LogP contribution in [0.25, 0.3) is 11.1 Å². The van der Waals surface area contributed by atoms with Crippen molar-refractivity contribution in [3.05, 3.63) is 56.9 Å². The highest BCUT2D eigenvalue weighted by Gasteiger charge is 2.23. The monoisotopic (exact) mass is 444 g/mol. The molecule has 0 aliphatic heterocycles. The van der Waals surface area contributed by atoms with E-state index in [0.29, 0.717) is 21.1 Å². The second-order valence-electron chi connectivity index (χ2n) is 6.21. The Bertz CT molecular complexity index is 1070. The minimum Gasteiger partial charge on any atom is -0.462 e. The zero-order valence-corrected chi connectivity index (χ0v) is 18.3. The summed E-state index contributed by atoms with van der Waals surface area (Å²) in [7, 11) is 0. The number of carbonyl (C=O) groups is 3. The number of thiophene rings is 1. The average Bonchev–Trinajstić information content (AvgIpc) is 3.29. The molecular weight excluding hydrogens is 424 g/mol. The molecule has 2 aromatic heterocycles. The van der Waals surface area contributed by atoms with Gasteiger partial charge < -0.3 is 14.8 Å². The maximum atomic E-state index is 12.5. The Hall–Kier alpha value is -3.04. The van der Waals surface area contributed by atoms with Crippen LogP contribution in [0.4, 0.5) is 5.00 Å². The minimum absolute atomic E-state index is 0.210. The molecule has 0 radical (unpaired) electrons. The summed E-state index contributed by atoms with van der Waals surface area (Å²) in [4.78, 5) is 41.6. The van der Waals surface area contributed by atoms with Crippen LogP contribution < -0.4 is 5.32 Å². The van der Waals surface area contributed by atoms with E-state index in [2.05, 4.69) is 10.3 Å². The Morgan fingerprint density at radius 3 is 2.43 bits per heavy atom. The zero-order valence-electron chi connectivity index (χ0n) is 16.7. The van der Waals surface area contributed by atoms with Gasteiger partial charge in [0.1, 0.15) is 15.4 Å². The summed E-state index contributed by atoms with van der Waals surface area (Å²) in [5.74, 6) is -1.68. The van der Waals surface area contributed by atoms with Crippen LogP contribution in [0.15, 0.2) is 35.7 Å². The van der Waals surface area contributed by atoms with E-state index in [-0.39, 0.29) is 12.2 Å². The van der Waals surface area contributed by atoms with Gasteiger partial charge in [0.2, 0.25) is 0 Å². The number of amides is 1. The quantitative estimate of drug-likeness (QED) is 0.541. The van der Waals surface area contributed by atoms with Crippen LogP contribution in [0.5, 0.6) is 0 Å². The molecule has 156 valence electrons. The summed E-state index contributed by atoms with van der Waals surface area (Å²) < 4.78 is 10.3. The molecule has 3 aromatic rings. The van der Waals surface area contributed by atoms with Gasteiger partial charge in [-0.15, -0.1) is 22.7 Å². The van der Waals surface area contributed by atoms with Crippen molar-refractivity contribution in [2.75, 3.05) is 18.5 Å². The molecule has 0 bridgehead atoms. The van der Waals surface area contributed by atoms with Crippen molar-refractivity contribution in [2.24, 2.45) is 0 Å². The summed E-state index contributed by atoms with van der Waals surface area (Å²) in [6, 6.07) is 9.35. The van der Waals surface area contributed by atoms with Crippen LogP contribution >= 0.6 is 22.7 Å². The number of aromatic nitrogens is 1. The molecule has 1 N–H and O–H groups in total. The van der Waals surface area contributed by atoms with Crippen molar-refractivity contribution >= 4 is 45.5 Å². The third kappa shape index (κ3) is 4.92. The second kappa shape index (κ2) is 9.64. The molecule has 0 fully saturated rings. The smallest absolute Gasteiger partial charge is 0.350 e. The first-order chi connectivity index (χ1) is 14.4. The highest BCUT2D eigenvalue weighted by Crippen LogP contribution is 2.36. The van der Waals surface area contributed by atoms with E-state index in [1.54, 1.807) is 26.2 Å². The maximum absolute atomic E-state index is 12.5. The predicted octanol–water partition coefficient (Wildman–Crippen LogP) is 4.46. The highest BCUT2D eigenvalue weighted by molar-refractivity contribution is 7.15. The molecular formula is C21H20N2O5S2.